The van der Waals surface area contributed by atoms with E-state index in [1.54, 1.807) is 0 Å². The van der Waals surface area contributed by atoms with E-state index in [2.05, 4.69) is 35.6 Å². The normalized spacial score (nSPS) is 25.6. The first-order chi connectivity index (χ1) is 8.66. The van der Waals surface area contributed by atoms with Crippen molar-refractivity contribution < 1.29 is 4.79 Å². The lowest BCUT2D eigenvalue weighted by molar-refractivity contribution is -0.119. The molecule has 1 fully saturated rings. The van der Waals surface area contributed by atoms with Crippen molar-refractivity contribution in [3.05, 3.63) is 35.9 Å². The van der Waals surface area contributed by atoms with Gasteiger partial charge in [0.25, 0.3) is 0 Å². The van der Waals surface area contributed by atoms with Crippen molar-refractivity contribution in [1.29, 1.82) is 0 Å². The van der Waals surface area contributed by atoms with Gasteiger partial charge in [-0.05, 0) is 44.1 Å². The standard InChI is InChI=1S/C15H22N2O/c1-11(15(16)18)17-14-9-7-13(8-10-14)12-5-3-2-4-6-12/h2-6,11,13-14,17H,7-10H2,1H3,(H2,16,18). The minimum absolute atomic E-state index is 0.219. The molecule has 3 N–H and O–H groups in total. The predicted octanol–water partition coefficient (Wildman–Crippen LogP) is 2.18. The molecule has 0 spiro atoms. The molecule has 18 heavy (non-hydrogen) atoms. The second kappa shape index (κ2) is 6.01. The number of carbonyl (C=O) groups is 1. The number of nitrogens with two attached hydrogens (primary N) is 1. The van der Waals surface area contributed by atoms with Crippen molar-refractivity contribution in [2.24, 2.45) is 5.73 Å². The molecule has 1 aromatic rings. The Morgan fingerprint density at radius 1 is 1.22 bits per heavy atom. The van der Waals surface area contributed by atoms with Gasteiger partial charge in [-0.2, -0.15) is 0 Å². The minimum atomic E-state index is -0.264. The minimum Gasteiger partial charge on any atom is -0.368 e. The number of hydrogen-bond donors (Lipinski definition) is 2. The molecule has 98 valence electrons. The molecule has 1 amide bonds. The van der Waals surface area contributed by atoms with Crippen LogP contribution >= 0.6 is 0 Å². The molecule has 0 saturated heterocycles. The van der Waals surface area contributed by atoms with E-state index in [4.69, 9.17) is 5.73 Å². The second-order valence-corrected chi connectivity index (χ2v) is 5.25. The van der Waals surface area contributed by atoms with Gasteiger partial charge in [-0.25, -0.2) is 0 Å². The van der Waals surface area contributed by atoms with E-state index >= 15 is 0 Å². The first-order valence-electron chi connectivity index (χ1n) is 6.77. The maximum Gasteiger partial charge on any atom is 0.234 e. The van der Waals surface area contributed by atoms with E-state index in [0.29, 0.717) is 12.0 Å². The molecule has 1 aliphatic carbocycles. The van der Waals surface area contributed by atoms with Crippen LogP contribution in [0.3, 0.4) is 0 Å². The van der Waals surface area contributed by atoms with Gasteiger partial charge in [0, 0.05) is 6.04 Å². The number of hydrogen-bond acceptors (Lipinski definition) is 2. The molecule has 3 heteroatoms. The molecule has 1 saturated carbocycles. The predicted molar refractivity (Wildman–Crippen MR) is 73.2 cm³/mol. The van der Waals surface area contributed by atoms with Crippen molar-refractivity contribution >= 4 is 5.91 Å². The Kier molecular flexibility index (Phi) is 4.37. The smallest absolute Gasteiger partial charge is 0.234 e. The van der Waals surface area contributed by atoms with Crippen molar-refractivity contribution in [3.63, 3.8) is 0 Å². The third-order valence-electron chi connectivity index (χ3n) is 3.91. The maximum absolute atomic E-state index is 11.0. The van der Waals surface area contributed by atoms with Gasteiger partial charge in [0.15, 0.2) is 0 Å². The molecule has 1 unspecified atom stereocenters. The summed E-state index contributed by atoms with van der Waals surface area (Å²) in [6, 6.07) is 10.9. The Labute approximate surface area is 109 Å². The van der Waals surface area contributed by atoms with Crippen molar-refractivity contribution in [1.82, 2.24) is 5.32 Å². The molecular formula is C15H22N2O. The summed E-state index contributed by atoms with van der Waals surface area (Å²) in [5.74, 6) is 0.410. The topological polar surface area (TPSA) is 55.1 Å². The van der Waals surface area contributed by atoms with Crippen LogP contribution in [0.2, 0.25) is 0 Å². The van der Waals surface area contributed by atoms with Crippen LogP contribution in [0.1, 0.15) is 44.1 Å². The Hall–Kier alpha value is -1.35. The zero-order valence-electron chi connectivity index (χ0n) is 10.9. The van der Waals surface area contributed by atoms with Gasteiger partial charge in [-0.3, -0.25) is 4.79 Å². The van der Waals surface area contributed by atoms with Crippen LogP contribution in [-0.4, -0.2) is 18.0 Å². The van der Waals surface area contributed by atoms with Crippen LogP contribution in [0.25, 0.3) is 0 Å². The van der Waals surface area contributed by atoms with Crippen LogP contribution in [0.15, 0.2) is 30.3 Å². The zero-order chi connectivity index (χ0) is 13.0. The van der Waals surface area contributed by atoms with Gasteiger partial charge in [0.2, 0.25) is 5.91 Å². The fourth-order valence-electron chi connectivity index (χ4n) is 2.75. The Morgan fingerprint density at radius 3 is 2.39 bits per heavy atom. The number of nitrogens with one attached hydrogen (secondary N) is 1. The van der Waals surface area contributed by atoms with Crippen LogP contribution in [0.4, 0.5) is 0 Å². The van der Waals surface area contributed by atoms with Crippen molar-refractivity contribution in [2.75, 3.05) is 0 Å². The molecular weight excluding hydrogens is 224 g/mol. The van der Waals surface area contributed by atoms with E-state index < -0.39 is 0 Å². The summed E-state index contributed by atoms with van der Waals surface area (Å²) in [6.45, 7) is 1.84. The molecule has 1 atom stereocenters. The molecule has 0 bridgehead atoms. The molecule has 0 aliphatic heterocycles. The van der Waals surface area contributed by atoms with Gasteiger partial charge in [-0.15, -0.1) is 0 Å². The third kappa shape index (κ3) is 3.33. The summed E-state index contributed by atoms with van der Waals surface area (Å²) in [7, 11) is 0. The lowest BCUT2D eigenvalue weighted by atomic mass is 9.81. The lowest BCUT2D eigenvalue weighted by Gasteiger charge is -2.30. The third-order valence-corrected chi connectivity index (χ3v) is 3.91. The first-order valence-corrected chi connectivity index (χ1v) is 6.77. The number of amides is 1. The maximum atomic E-state index is 11.0. The van der Waals surface area contributed by atoms with Crippen LogP contribution < -0.4 is 11.1 Å². The van der Waals surface area contributed by atoms with E-state index in [9.17, 15) is 4.79 Å². The quantitative estimate of drug-likeness (QED) is 0.855. The largest absolute Gasteiger partial charge is 0.368 e. The van der Waals surface area contributed by atoms with E-state index in [-0.39, 0.29) is 11.9 Å². The monoisotopic (exact) mass is 246 g/mol. The SMILES string of the molecule is CC(NC1CCC(c2ccccc2)CC1)C(N)=O. The van der Waals surface area contributed by atoms with E-state index in [1.807, 2.05) is 6.92 Å². The number of carbonyl (C=O) groups excluding carboxylic acids is 1. The summed E-state index contributed by atoms with van der Waals surface area (Å²) >= 11 is 0. The van der Waals surface area contributed by atoms with Gasteiger partial charge >= 0.3 is 0 Å². The van der Waals surface area contributed by atoms with Crippen molar-refractivity contribution in [2.45, 2.75) is 50.6 Å². The molecule has 2 rings (SSSR count). The summed E-state index contributed by atoms with van der Waals surface area (Å²) in [5.41, 5.74) is 6.71. The molecule has 0 radical (unpaired) electrons. The highest BCUT2D eigenvalue weighted by Crippen LogP contribution is 2.32. The van der Waals surface area contributed by atoms with Gasteiger partial charge < -0.3 is 11.1 Å². The second-order valence-electron chi connectivity index (χ2n) is 5.25. The first kappa shape index (κ1) is 13.1. The number of primary amides is 1. The lowest BCUT2D eigenvalue weighted by Crippen LogP contribution is -2.45. The average molecular weight is 246 g/mol. The summed E-state index contributed by atoms with van der Waals surface area (Å²) in [4.78, 5) is 11.0. The zero-order valence-corrected chi connectivity index (χ0v) is 10.9. The summed E-state index contributed by atoms with van der Waals surface area (Å²) in [6.07, 6.45) is 4.62. The van der Waals surface area contributed by atoms with Crippen LogP contribution in [0, 0.1) is 0 Å². The highest BCUT2D eigenvalue weighted by Gasteiger charge is 2.23. The molecule has 1 aromatic carbocycles. The highest BCUT2D eigenvalue weighted by molar-refractivity contribution is 5.79. The van der Waals surface area contributed by atoms with Crippen LogP contribution in [0.5, 0.6) is 0 Å². The molecule has 0 heterocycles. The number of benzene rings is 1. The van der Waals surface area contributed by atoms with Gasteiger partial charge in [0.1, 0.15) is 0 Å². The molecule has 3 nitrogen and oxygen atoms in total. The van der Waals surface area contributed by atoms with Gasteiger partial charge in [0.05, 0.1) is 6.04 Å². The van der Waals surface area contributed by atoms with Crippen molar-refractivity contribution in [3.8, 4) is 0 Å². The highest BCUT2D eigenvalue weighted by atomic mass is 16.1. The summed E-state index contributed by atoms with van der Waals surface area (Å²) in [5, 5.41) is 3.32. The van der Waals surface area contributed by atoms with E-state index in [0.717, 1.165) is 12.8 Å². The summed E-state index contributed by atoms with van der Waals surface area (Å²) < 4.78 is 0. The fourth-order valence-corrected chi connectivity index (χ4v) is 2.75. The Balaban J connectivity index is 1.83. The van der Waals surface area contributed by atoms with Gasteiger partial charge in [-0.1, -0.05) is 30.3 Å². The number of rotatable bonds is 4. The fraction of sp³-hybridized carbons (Fsp3) is 0.533. The van der Waals surface area contributed by atoms with Crippen LogP contribution in [-0.2, 0) is 4.79 Å². The Morgan fingerprint density at radius 2 is 1.83 bits per heavy atom. The Bertz CT molecular complexity index is 383. The molecule has 1 aliphatic rings. The molecule has 0 aromatic heterocycles. The van der Waals surface area contributed by atoms with E-state index in [1.165, 1.54) is 18.4 Å². The average Bonchev–Trinajstić information content (AvgIpc) is 2.40.